The van der Waals surface area contributed by atoms with Crippen LogP contribution >= 0.6 is 0 Å². The minimum atomic E-state index is -0.962. The molecule has 3 atom stereocenters. The first kappa shape index (κ1) is 18.9. The number of halogens is 1. The van der Waals surface area contributed by atoms with E-state index in [0.717, 1.165) is 36.9 Å². The zero-order chi connectivity index (χ0) is 20.9. The monoisotopic (exact) mass is 405 g/mol. The first-order valence-corrected chi connectivity index (χ1v) is 10.2. The predicted molar refractivity (Wildman–Crippen MR) is 112 cm³/mol. The molecule has 7 heteroatoms. The number of phenols is 1. The minimum absolute atomic E-state index is 0.0805. The molecule has 2 bridgehead atoms. The van der Waals surface area contributed by atoms with Gasteiger partial charge in [-0.1, -0.05) is 13.8 Å². The van der Waals surface area contributed by atoms with Crippen LogP contribution in [0.15, 0.2) is 48.7 Å². The number of aromatic hydroxyl groups is 1. The Morgan fingerprint density at radius 1 is 1.23 bits per heavy atom. The Hall–Kier alpha value is -3.09. The van der Waals surface area contributed by atoms with E-state index < -0.39 is 6.17 Å². The topological polar surface area (TPSA) is 76.7 Å². The molecule has 154 valence electrons. The van der Waals surface area contributed by atoms with Crippen molar-refractivity contribution >= 4 is 6.08 Å². The van der Waals surface area contributed by atoms with Gasteiger partial charge in [0.1, 0.15) is 17.6 Å². The van der Waals surface area contributed by atoms with Crippen molar-refractivity contribution in [3.8, 4) is 22.7 Å². The summed E-state index contributed by atoms with van der Waals surface area (Å²) in [5, 5.41) is 18.8. The molecule has 1 aromatic carbocycles. The van der Waals surface area contributed by atoms with E-state index in [2.05, 4.69) is 27.1 Å². The Bertz CT molecular complexity index is 1110. The fourth-order valence-electron chi connectivity index (χ4n) is 5.21. The third-order valence-corrected chi connectivity index (χ3v) is 6.65. The molecule has 0 spiro atoms. The Morgan fingerprint density at radius 2 is 2.10 bits per heavy atom. The van der Waals surface area contributed by atoms with E-state index in [1.165, 1.54) is 0 Å². The molecule has 2 aliphatic rings. The van der Waals surface area contributed by atoms with Crippen LogP contribution in [-0.2, 0) is 0 Å². The summed E-state index contributed by atoms with van der Waals surface area (Å²) in [6.07, 6.45) is 11.2. The average Bonchev–Trinajstić information content (AvgIpc) is 3.34. The second-order valence-electron chi connectivity index (χ2n) is 9.27. The molecule has 2 heterocycles. The molecule has 2 aliphatic carbocycles. The van der Waals surface area contributed by atoms with Crippen molar-refractivity contribution in [2.45, 2.75) is 45.7 Å². The lowest BCUT2D eigenvalue weighted by molar-refractivity contribution is 0.106. The van der Waals surface area contributed by atoms with E-state index in [-0.39, 0.29) is 16.6 Å². The van der Waals surface area contributed by atoms with Gasteiger partial charge >= 0.3 is 0 Å². The molecule has 0 saturated heterocycles. The summed E-state index contributed by atoms with van der Waals surface area (Å²) in [6.45, 7) is 4.30. The van der Waals surface area contributed by atoms with Gasteiger partial charge < -0.3 is 9.67 Å². The SMILES string of the molecule is C[C@@]12CC[C@@](C)(C1)[C@@H](F)/C(=C\c1ncc(-c3ccc(-n4ccnc4)cc3O)nn1)C2. The van der Waals surface area contributed by atoms with Gasteiger partial charge in [-0.2, -0.15) is 0 Å². The average molecular weight is 405 g/mol. The minimum Gasteiger partial charge on any atom is -0.507 e. The maximum Gasteiger partial charge on any atom is 0.174 e. The number of aromatic nitrogens is 5. The molecule has 2 saturated carbocycles. The zero-order valence-electron chi connectivity index (χ0n) is 17.1. The molecule has 0 radical (unpaired) electrons. The number of allylic oxidation sites excluding steroid dienone is 1. The summed E-state index contributed by atoms with van der Waals surface area (Å²) in [5.74, 6) is 0.483. The highest BCUT2D eigenvalue weighted by Gasteiger charge is 2.53. The van der Waals surface area contributed by atoms with Gasteiger partial charge in [-0.05, 0) is 54.9 Å². The van der Waals surface area contributed by atoms with Gasteiger partial charge in [-0.3, -0.25) is 0 Å². The standard InChI is InChI=1S/C23H24FN5O/c1-22-5-6-23(2,13-22)21(24)15(11-22)9-20-26-12-18(27-28-20)17-4-3-16(10-19(17)30)29-8-7-25-14-29/h3-4,7-10,12,14,21,30H,5-6,11,13H2,1-2H3/b15-9-/t21-,22-,23-/m0/s1. The summed E-state index contributed by atoms with van der Waals surface area (Å²) >= 11 is 0. The highest BCUT2D eigenvalue weighted by Crippen LogP contribution is 2.60. The summed E-state index contributed by atoms with van der Waals surface area (Å²) < 4.78 is 16.9. The number of hydrogen-bond donors (Lipinski definition) is 1. The van der Waals surface area contributed by atoms with Crippen LogP contribution in [0.25, 0.3) is 23.0 Å². The van der Waals surface area contributed by atoms with E-state index in [9.17, 15) is 5.11 Å². The zero-order valence-corrected chi connectivity index (χ0v) is 17.1. The molecule has 0 unspecified atom stereocenters. The molecule has 5 rings (SSSR count). The van der Waals surface area contributed by atoms with Crippen LogP contribution in [0.5, 0.6) is 5.75 Å². The molecule has 2 aromatic heterocycles. The van der Waals surface area contributed by atoms with Crippen molar-refractivity contribution in [2.24, 2.45) is 10.8 Å². The van der Waals surface area contributed by atoms with Crippen molar-refractivity contribution in [3.63, 3.8) is 0 Å². The van der Waals surface area contributed by atoms with Crippen LogP contribution in [0.3, 0.4) is 0 Å². The lowest BCUT2D eigenvalue weighted by Gasteiger charge is -2.39. The second-order valence-corrected chi connectivity index (χ2v) is 9.27. The molecule has 0 aliphatic heterocycles. The van der Waals surface area contributed by atoms with Gasteiger partial charge in [0, 0.05) is 29.4 Å². The number of benzene rings is 1. The third kappa shape index (κ3) is 3.18. The smallest absolute Gasteiger partial charge is 0.174 e. The number of imidazole rings is 1. The number of alkyl halides is 1. The second kappa shape index (κ2) is 6.72. The molecule has 2 fully saturated rings. The Morgan fingerprint density at radius 3 is 2.80 bits per heavy atom. The molecular formula is C23H24FN5O. The largest absolute Gasteiger partial charge is 0.507 e. The normalized spacial score (nSPS) is 29.4. The van der Waals surface area contributed by atoms with Crippen LogP contribution in [0.1, 0.15) is 45.4 Å². The van der Waals surface area contributed by atoms with Gasteiger partial charge in [-0.25, -0.2) is 14.4 Å². The van der Waals surface area contributed by atoms with Gasteiger partial charge in [0.05, 0.1) is 18.2 Å². The van der Waals surface area contributed by atoms with Crippen LogP contribution in [0.4, 0.5) is 4.39 Å². The van der Waals surface area contributed by atoms with Crippen LogP contribution in [0.2, 0.25) is 0 Å². The van der Waals surface area contributed by atoms with Crippen LogP contribution < -0.4 is 0 Å². The van der Waals surface area contributed by atoms with Gasteiger partial charge in [0.15, 0.2) is 5.82 Å². The Balaban J connectivity index is 1.41. The maximum atomic E-state index is 15.1. The first-order chi connectivity index (χ1) is 14.4. The summed E-state index contributed by atoms with van der Waals surface area (Å²) in [7, 11) is 0. The number of nitrogens with zero attached hydrogens (tertiary/aromatic N) is 5. The fraction of sp³-hybridized carbons (Fsp3) is 0.391. The van der Waals surface area contributed by atoms with Gasteiger partial charge in [-0.15, -0.1) is 10.2 Å². The lowest BCUT2D eigenvalue weighted by atomic mass is 9.67. The molecule has 6 nitrogen and oxygen atoms in total. The fourth-order valence-corrected chi connectivity index (χ4v) is 5.21. The van der Waals surface area contributed by atoms with Crippen LogP contribution in [-0.4, -0.2) is 36.0 Å². The van der Waals surface area contributed by atoms with Crippen molar-refractivity contribution in [3.05, 3.63) is 54.5 Å². The van der Waals surface area contributed by atoms with E-state index >= 15 is 4.39 Å². The van der Waals surface area contributed by atoms with Crippen molar-refractivity contribution in [1.82, 2.24) is 24.7 Å². The summed E-state index contributed by atoms with van der Waals surface area (Å²) in [6, 6.07) is 5.27. The van der Waals surface area contributed by atoms with Crippen molar-refractivity contribution < 1.29 is 9.50 Å². The first-order valence-electron chi connectivity index (χ1n) is 10.2. The number of fused-ring (bicyclic) bond motifs is 2. The maximum absolute atomic E-state index is 15.1. The van der Waals surface area contributed by atoms with Crippen LogP contribution in [0, 0.1) is 10.8 Å². The Labute approximate surface area is 174 Å². The molecule has 1 N–H and O–H groups in total. The van der Waals surface area contributed by atoms with Gasteiger partial charge in [0.2, 0.25) is 0 Å². The predicted octanol–water partition coefficient (Wildman–Crippen LogP) is 4.75. The van der Waals surface area contributed by atoms with E-state index in [0.29, 0.717) is 17.1 Å². The molecule has 3 aromatic rings. The Kier molecular flexibility index (Phi) is 4.24. The summed E-state index contributed by atoms with van der Waals surface area (Å²) in [4.78, 5) is 8.38. The third-order valence-electron chi connectivity index (χ3n) is 6.65. The number of hydrogen-bond acceptors (Lipinski definition) is 5. The van der Waals surface area contributed by atoms with E-state index in [1.54, 1.807) is 47.7 Å². The highest BCUT2D eigenvalue weighted by atomic mass is 19.1. The highest BCUT2D eigenvalue weighted by molar-refractivity contribution is 5.68. The van der Waals surface area contributed by atoms with Gasteiger partial charge in [0.25, 0.3) is 0 Å². The molecule has 30 heavy (non-hydrogen) atoms. The van der Waals surface area contributed by atoms with Crippen molar-refractivity contribution in [1.29, 1.82) is 0 Å². The van der Waals surface area contributed by atoms with E-state index in [1.807, 2.05) is 13.0 Å². The number of phenolic OH excluding ortho intramolecular Hbond substituents is 1. The summed E-state index contributed by atoms with van der Waals surface area (Å²) in [5.41, 5.74) is 2.45. The van der Waals surface area contributed by atoms with Crippen molar-refractivity contribution in [2.75, 3.05) is 0 Å². The molecular weight excluding hydrogens is 381 g/mol. The number of rotatable bonds is 3. The molecule has 0 amide bonds. The lowest BCUT2D eigenvalue weighted by Crippen LogP contribution is -2.35. The van der Waals surface area contributed by atoms with E-state index in [4.69, 9.17) is 0 Å². The quantitative estimate of drug-likeness (QED) is 0.680.